The molecule has 1 aliphatic heterocycles. The zero-order valence-electron chi connectivity index (χ0n) is 17.4. The summed E-state index contributed by atoms with van der Waals surface area (Å²) >= 11 is 1.21. The summed E-state index contributed by atoms with van der Waals surface area (Å²) in [5.74, 6) is 1.11. The maximum absolute atomic E-state index is 12.6. The molecule has 0 aromatic heterocycles. The van der Waals surface area contributed by atoms with E-state index in [2.05, 4.69) is 20.8 Å². The van der Waals surface area contributed by atoms with E-state index >= 15 is 0 Å². The molecule has 5 unspecified atom stereocenters. The first-order valence-electron chi connectivity index (χ1n) is 10.1. The molecule has 1 aromatic carbocycles. The molecule has 3 rings (SSSR count). The van der Waals surface area contributed by atoms with Crippen molar-refractivity contribution in [1.82, 2.24) is 0 Å². The zero-order valence-corrected chi connectivity index (χ0v) is 19.0. The summed E-state index contributed by atoms with van der Waals surface area (Å²) in [7, 11) is -3.95. The summed E-state index contributed by atoms with van der Waals surface area (Å²) in [5.41, 5.74) is 0.0921. The molecule has 1 heterocycles. The molecule has 8 heteroatoms. The van der Waals surface area contributed by atoms with Crippen molar-refractivity contribution in [3.8, 4) is 0 Å². The minimum absolute atomic E-state index is 0.0682. The molecule has 1 saturated heterocycles. The van der Waals surface area contributed by atoms with E-state index in [4.69, 9.17) is 13.7 Å². The van der Waals surface area contributed by atoms with Crippen LogP contribution in [0.25, 0.3) is 0 Å². The number of hydrogen-bond acceptors (Lipinski definition) is 7. The number of ether oxygens (including phenoxy) is 2. The summed E-state index contributed by atoms with van der Waals surface area (Å²) in [6.07, 6.45) is 1.93. The third-order valence-corrected chi connectivity index (χ3v) is 8.01. The first kappa shape index (κ1) is 22.6. The van der Waals surface area contributed by atoms with Gasteiger partial charge in [0.2, 0.25) is 5.44 Å². The largest absolute Gasteiger partial charge is 0.459 e. The molecule has 0 amide bonds. The summed E-state index contributed by atoms with van der Waals surface area (Å²) in [6, 6.07) is 6.40. The fourth-order valence-electron chi connectivity index (χ4n) is 3.91. The van der Waals surface area contributed by atoms with Crippen molar-refractivity contribution >= 4 is 27.8 Å². The molecule has 0 spiro atoms. The van der Waals surface area contributed by atoms with E-state index in [1.165, 1.54) is 23.9 Å². The van der Waals surface area contributed by atoms with Crippen molar-refractivity contribution in [3.63, 3.8) is 0 Å². The molecule has 5 atom stereocenters. The van der Waals surface area contributed by atoms with Crippen molar-refractivity contribution in [2.45, 2.75) is 69.7 Å². The molecular formula is C21H30O6S2. The normalized spacial score (nSPS) is 30.4. The highest BCUT2D eigenvalue weighted by Crippen LogP contribution is 2.37. The number of benzene rings is 1. The van der Waals surface area contributed by atoms with Crippen LogP contribution in [-0.4, -0.2) is 38.0 Å². The molecule has 29 heavy (non-hydrogen) atoms. The monoisotopic (exact) mass is 442 g/mol. The van der Waals surface area contributed by atoms with Gasteiger partial charge >= 0.3 is 5.97 Å². The molecule has 1 aromatic rings. The Morgan fingerprint density at radius 1 is 1.21 bits per heavy atom. The highest BCUT2D eigenvalue weighted by molar-refractivity contribution is 8.00. The highest BCUT2D eigenvalue weighted by Gasteiger charge is 2.40. The maximum atomic E-state index is 12.6. The van der Waals surface area contributed by atoms with Gasteiger partial charge in [-0.2, -0.15) is 8.42 Å². The summed E-state index contributed by atoms with van der Waals surface area (Å²) in [5, 5.41) is 0. The van der Waals surface area contributed by atoms with Gasteiger partial charge in [0, 0.05) is 5.75 Å². The minimum Gasteiger partial charge on any atom is -0.459 e. The van der Waals surface area contributed by atoms with Crippen LogP contribution >= 0.6 is 11.8 Å². The van der Waals surface area contributed by atoms with Crippen molar-refractivity contribution in [1.29, 1.82) is 0 Å². The summed E-state index contributed by atoms with van der Waals surface area (Å²) in [4.78, 5) is 12.7. The van der Waals surface area contributed by atoms with Crippen LogP contribution in [0.2, 0.25) is 0 Å². The average Bonchev–Trinajstić information content (AvgIpc) is 3.10. The van der Waals surface area contributed by atoms with E-state index in [0.717, 1.165) is 24.8 Å². The second-order valence-electron chi connectivity index (χ2n) is 8.40. The lowest BCUT2D eigenvalue weighted by atomic mass is 9.75. The lowest BCUT2D eigenvalue weighted by Crippen LogP contribution is -2.38. The van der Waals surface area contributed by atoms with Crippen LogP contribution in [-0.2, 0) is 28.6 Å². The van der Waals surface area contributed by atoms with Gasteiger partial charge < -0.3 is 9.47 Å². The fraction of sp³-hybridized carbons (Fsp3) is 0.667. The van der Waals surface area contributed by atoms with Crippen LogP contribution in [0, 0.1) is 24.7 Å². The van der Waals surface area contributed by atoms with Gasteiger partial charge in [-0.3, -0.25) is 0 Å². The van der Waals surface area contributed by atoms with Crippen molar-refractivity contribution in [2.24, 2.45) is 17.8 Å². The molecule has 0 radical (unpaired) electrons. The molecule has 2 fully saturated rings. The van der Waals surface area contributed by atoms with Crippen LogP contribution in [0.1, 0.15) is 45.6 Å². The minimum atomic E-state index is -3.95. The van der Waals surface area contributed by atoms with Gasteiger partial charge in [-0.1, -0.05) is 44.9 Å². The third kappa shape index (κ3) is 5.75. The van der Waals surface area contributed by atoms with Gasteiger partial charge in [-0.05, 0) is 49.7 Å². The first-order valence-corrected chi connectivity index (χ1v) is 12.6. The lowest BCUT2D eigenvalue weighted by Gasteiger charge is -2.37. The molecule has 1 saturated carbocycles. The Hall–Kier alpha value is -1.09. The number of esters is 1. The number of thioether (sulfide) groups is 1. The van der Waals surface area contributed by atoms with E-state index < -0.39 is 27.8 Å². The number of rotatable bonds is 6. The Kier molecular flexibility index (Phi) is 7.30. The van der Waals surface area contributed by atoms with Crippen molar-refractivity contribution in [3.05, 3.63) is 29.8 Å². The zero-order chi connectivity index (χ0) is 21.2. The first-order chi connectivity index (χ1) is 13.7. The SMILES string of the molecule is Cc1ccc(S(=O)(=O)OC2CSC(C(=O)OC3CC(C)CCC3C(C)C)O2)cc1. The van der Waals surface area contributed by atoms with E-state index in [1.54, 1.807) is 12.1 Å². The van der Waals surface area contributed by atoms with Crippen LogP contribution in [0.4, 0.5) is 0 Å². The molecular weight excluding hydrogens is 412 g/mol. The standard InChI is InChI=1S/C21H30O6S2/c1-13(2)17-10-7-15(4)11-18(17)25-20(22)21-26-19(12-28-21)27-29(23,24)16-8-5-14(3)6-9-16/h5-6,8-9,13,15,17-19,21H,7,10-12H2,1-4H3. The lowest BCUT2D eigenvalue weighted by molar-refractivity contribution is -0.170. The van der Waals surface area contributed by atoms with E-state index in [1.807, 2.05) is 6.92 Å². The van der Waals surface area contributed by atoms with E-state index in [-0.39, 0.29) is 16.8 Å². The second kappa shape index (κ2) is 9.37. The van der Waals surface area contributed by atoms with E-state index in [9.17, 15) is 13.2 Å². The Labute approximate surface area is 177 Å². The number of hydrogen-bond donors (Lipinski definition) is 0. The quantitative estimate of drug-likeness (QED) is 0.484. The Balaban J connectivity index is 1.57. The fourth-order valence-corrected chi connectivity index (χ4v) is 5.85. The molecule has 0 bridgehead atoms. The maximum Gasteiger partial charge on any atom is 0.346 e. The number of aryl methyl sites for hydroxylation is 1. The Bertz CT molecular complexity index is 805. The topological polar surface area (TPSA) is 78.9 Å². The summed E-state index contributed by atoms with van der Waals surface area (Å²) < 4.78 is 41.4. The van der Waals surface area contributed by atoms with Crippen molar-refractivity contribution in [2.75, 3.05) is 5.75 Å². The molecule has 0 N–H and O–H groups in total. The molecule has 2 aliphatic rings. The van der Waals surface area contributed by atoms with E-state index in [0.29, 0.717) is 17.8 Å². The smallest absolute Gasteiger partial charge is 0.346 e. The van der Waals surface area contributed by atoms with Gasteiger partial charge in [-0.15, -0.1) is 11.8 Å². The van der Waals surface area contributed by atoms with Gasteiger partial charge in [0.05, 0.1) is 4.90 Å². The third-order valence-electron chi connectivity index (χ3n) is 5.62. The van der Waals surface area contributed by atoms with Gasteiger partial charge in [0.25, 0.3) is 10.1 Å². The number of carbonyl (C=O) groups excluding carboxylic acids is 1. The highest BCUT2D eigenvalue weighted by atomic mass is 32.2. The van der Waals surface area contributed by atoms with Gasteiger partial charge in [0.15, 0.2) is 6.29 Å². The van der Waals surface area contributed by atoms with Gasteiger partial charge in [-0.25, -0.2) is 8.98 Å². The second-order valence-corrected chi connectivity index (χ2v) is 11.1. The Morgan fingerprint density at radius 2 is 1.90 bits per heavy atom. The molecule has 162 valence electrons. The van der Waals surface area contributed by atoms with Gasteiger partial charge in [0.1, 0.15) is 6.10 Å². The molecule has 6 nitrogen and oxygen atoms in total. The number of carbonyl (C=O) groups is 1. The summed E-state index contributed by atoms with van der Waals surface area (Å²) in [6.45, 7) is 8.36. The van der Waals surface area contributed by atoms with Crippen molar-refractivity contribution < 1.29 is 26.9 Å². The van der Waals surface area contributed by atoms with Crippen LogP contribution < -0.4 is 0 Å². The van der Waals surface area contributed by atoms with Crippen LogP contribution in [0.5, 0.6) is 0 Å². The average molecular weight is 443 g/mol. The Morgan fingerprint density at radius 3 is 2.55 bits per heavy atom. The molecule has 1 aliphatic carbocycles. The van der Waals surface area contributed by atoms with Crippen LogP contribution in [0.3, 0.4) is 0 Å². The van der Waals surface area contributed by atoms with Crippen LogP contribution in [0.15, 0.2) is 29.2 Å². The predicted molar refractivity (Wildman–Crippen MR) is 112 cm³/mol. The predicted octanol–water partition coefficient (Wildman–Crippen LogP) is 4.12.